The van der Waals surface area contributed by atoms with Crippen LogP contribution >= 0.6 is 15.9 Å². The summed E-state index contributed by atoms with van der Waals surface area (Å²) in [5, 5.41) is 0. The zero-order chi connectivity index (χ0) is 13.1. The first-order valence-electron chi connectivity index (χ1n) is 5.68. The van der Waals surface area contributed by atoms with Crippen LogP contribution in [0.25, 0.3) is 0 Å². The lowest BCUT2D eigenvalue weighted by Gasteiger charge is -2.14. The van der Waals surface area contributed by atoms with Crippen molar-refractivity contribution in [3.05, 3.63) is 63.6 Å². The number of pyridine rings is 1. The Bertz CT molecular complexity index is 557. The van der Waals surface area contributed by atoms with Crippen molar-refractivity contribution < 1.29 is 4.39 Å². The van der Waals surface area contributed by atoms with E-state index < -0.39 is 0 Å². The molecule has 0 saturated heterocycles. The molecule has 0 fully saturated rings. The number of aryl methyl sites for hydroxylation is 1. The summed E-state index contributed by atoms with van der Waals surface area (Å²) in [4.78, 5) is 4.09. The Morgan fingerprint density at radius 1 is 1.39 bits per heavy atom. The fourth-order valence-electron chi connectivity index (χ4n) is 1.89. The predicted molar refractivity (Wildman–Crippen MR) is 73.7 cm³/mol. The zero-order valence-corrected chi connectivity index (χ0v) is 11.6. The molecule has 0 aliphatic rings. The second-order valence-corrected chi connectivity index (χ2v) is 5.15. The average molecular weight is 309 g/mol. The highest BCUT2D eigenvalue weighted by Crippen LogP contribution is 2.22. The summed E-state index contributed by atoms with van der Waals surface area (Å²) in [6.45, 7) is 2.01. The minimum atomic E-state index is -0.259. The van der Waals surface area contributed by atoms with E-state index in [1.54, 1.807) is 24.5 Å². The summed E-state index contributed by atoms with van der Waals surface area (Å²) in [7, 11) is 0. The van der Waals surface area contributed by atoms with Gasteiger partial charge in [-0.1, -0.05) is 6.07 Å². The minimum Gasteiger partial charge on any atom is -0.324 e. The first kappa shape index (κ1) is 13.2. The highest BCUT2D eigenvalue weighted by molar-refractivity contribution is 9.10. The van der Waals surface area contributed by atoms with Gasteiger partial charge in [-0.05, 0) is 64.2 Å². The van der Waals surface area contributed by atoms with E-state index in [1.807, 2.05) is 13.0 Å². The number of nitrogens with two attached hydrogens (primary N) is 1. The predicted octanol–water partition coefficient (Wildman–Crippen LogP) is 3.53. The van der Waals surface area contributed by atoms with Crippen LogP contribution in [0.3, 0.4) is 0 Å². The Morgan fingerprint density at radius 3 is 2.83 bits per heavy atom. The van der Waals surface area contributed by atoms with Crippen molar-refractivity contribution in [2.24, 2.45) is 5.73 Å². The van der Waals surface area contributed by atoms with Crippen molar-refractivity contribution >= 4 is 15.9 Å². The van der Waals surface area contributed by atoms with Gasteiger partial charge in [0.1, 0.15) is 5.82 Å². The van der Waals surface area contributed by atoms with Gasteiger partial charge in [0.05, 0.1) is 4.47 Å². The van der Waals surface area contributed by atoms with Gasteiger partial charge in [-0.15, -0.1) is 0 Å². The van der Waals surface area contributed by atoms with E-state index in [2.05, 4.69) is 20.9 Å². The van der Waals surface area contributed by atoms with E-state index in [4.69, 9.17) is 5.73 Å². The fourth-order valence-corrected chi connectivity index (χ4v) is 2.32. The highest BCUT2D eigenvalue weighted by atomic mass is 79.9. The van der Waals surface area contributed by atoms with Crippen molar-refractivity contribution in [3.63, 3.8) is 0 Å². The number of aromatic nitrogens is 1. The van der Waals surface area contributed by atoms with E-state index >= 15 is 0 Å². The Kier molecular flexibility index (Phi) is 4.09. The maximum Gasteiger partial charge on any atom is 0.137 e. The van der Waals surface area contributed by atoms with Crippen molar-refractivity contribution in [2.75, 3.05) is 0 Å². The quantitative estimate of drug-likeness (QED) is 0.942. The molecule has 18 heavy (non-hydrogen) atoms. The summed E-state index contributed by atoms with van der Waals surface area (Å²) >= 11 is 3.18. The molecule has 0 bridgehead atoms. The maximum atomic E-state index is 13.1. The van der Waals surface area contributed by atoms with Crippen LogP contribution < -0.4 is 5.73 Å². The minimum absolute atomic E-state index is 0.129. The van der Waals surface area contributed by atoms with Crippen molar-refractivity contribution in [2.45, 2.75) is 19.4 Å². The molecule has 0 radical (unpaired) electrons. The molecule has 0 amide bonds. The first-order chi connectivity index (χ1) is 8.58. The molecule has 0 aliphatic carbocycles. The maximum absolute atomic E-state index is 13.1. The topological polar surface area (TPSA) is 38.9 Å². The smallest absolute Gasteiger partial charge is 0.137 e. The third-order valence-electron chi connectivity index (χ3n) is 2.92. The summed E-state index contributed by atoms with van der Waals surface area (Å²) in [6.07, 6.45) is 4.20. The zero-order valence-electron chi connectivity index (χ0n) is 10.0. The first-order valence-corrected chi connectivity index (χ1v) is 6.47. The molecule has 2 nitrogen and oxygen atoms in total. The van der Waals surface area contributed by atoms with Gasteiger partial charge in [0, 0.05) is 18.4 Å². The molecule has 2 aromatic rings. The number of hydrogen-bond acceptors (Lipinski definition) is 2. The normalized spacial score (nSPS) is 12.4. The highest BCUT2D eigenvalue weighted by Gasteiger charge is 2.11. The molecule has 2 N–H and O–H groups in total. The van der Waals surface area contributed by atoms with Crippen LogP contribution in [-0.2, 0) is 6.42 Å². The molecule has 0 saturated carbocycles. The Balaban J connectivity index is 2.19. The lowest BCUT2D eigenvalue weighted by molar-refractivity contribution is 0.618. The van der Waals surface area contributed by atoms with Crippen LogP contribution in [0.15, 0.2) is 41.1 Å². The molecule has 2 rings (SSSR count). The van der Waals surface area contributed by atoms with Gasteiger partial charge in [-0.2, -0.15) is 0 Å². The number of halogens is 2. The average Bonchev–Trinajstić information content (AvgIpc) is 2.34. The van der Waals surface area contributed by atoms with E-state index in [9.17, 15) is 4.39 Å². The molecule has 1 aromatic carbocycles. The molecule has 94 valence electrons. The van der Waals surface area contributed by atoms with Gasteiger partial charge in [-0.25, -0.2) is 4.39 Å². The molecule has 1 unspecified atom stereocenters. The third kappa shape index (κ3) is 2.94. The molecule has 1 heterocycles. The molecule has 0 aliphatic heterocycles. The summed E-state index contributed by atoms with van der Waals surface area (Å²) in [5.41, 5.74) is 9.32. The number of hydrogen-bond donors (Lipinski definition) is 1. The molecule has 4 heteroatoms. The third-order valence-corrected chi connectivity index (χ3v) is 3.53. The van der Waals surface area contributed by atoms with Crippen LogP contribution in [0.4, 0.5) is 4.39 Å². The van der Waals surface area contributed by atoms with Gasteiger partial charge < -0.3 is 5.73 Å². The standard InChI is InChI=1S/C14H14BrFN2/c1-9-4-5-18-8-11(9)14(17)7-10-2-3-13(16)12(15)6-10/h2-6,8,14H,7,17H2,1H3. The van der Waals surface area contributed by atoms with Gasteiger partial charge in [0.15, 0.2) is 0 Å². The van der Waals surface area contributed by atoms with Crippen LogP contribution in [0.1, 0.15) is 22.7 Å². The van der Waals surface area contributed by atoms with Crippen molar-refractivity contribution in [1.29, 1.82) is 0 Å². The summed E-state index contributed by atoms with van der Waals surface area (Å²) < 4.78 is 13.6. The molecular formula is C14H14BrFN2. The number of nitrogens with zero attached hydrogens (tertiary/aromatic N) is 1. The molecule has 1 aromatic heterocycles. The lowest BCUT2D eigenvalue weighted by atomic mass is 9.98. The van der Waals surface area contributed by atoms with Gasteiger partial charge in [-0.3, -0.25) is 4.98 Å². The number of benzene rings is 1. The van der Waals surface area contributed by atoms with Crippen molar-refractivity contribution in [3.8, 4) is 0 Å². The van der Waals surface area contributed by atoms with E-state index in [0.29, 0.717) is 10.9 Å². The van der Waals surface area contributed by atoms with Gasteiger partial charge in [0.2, 0.25) is 0 Å². The van der Waals surface area contributed by atoms with Gasteiger partial charge in [0.25, 0.3) is 0 Å². The Hall–Kier alpha value is -1.26. The lowest BCUT2D eigenvalue weighted by Crippen LogP contribution is -2.15. The SMILES string of the molecule is Cc1ccncc1C(N)Cc1ccc(F)c(Br)c1. The van der Waals surface area contributed by atoms with Crippen LogP contribution in [0.5, 0.6) is 0 Å². The fraction of sp³-hybridized carbons (Fsp3) is 0.214. The van der Waals surface area contributed by atoms with E-state index in [0.717, 1.165) is 16.7 Å². The monoisotopic (exact) mass is 308 g/mol. The summed E-state index contributed by atoms with van der Waals surface area (Å²) in [5.74, 6) is -0.259. The van der Waals surface area contributed by atoms with Gasteiger partial charge >= 0.3 is 0 Å². The molecule has 0 spiro atoms. The largest absolute Gasteiger partial charge is 0.324 e. The second-order valence-electron chi connectivity index (χ2n) is 4.29. The summed E-state index contributed by atoms with van der Waals surface area (Å²) in [6, 6.07) is 6.78. The number of rotatable bonds is 3. The Labute approximate surface area is 114 Å². The van der Waals surface area contributed by atoms with Crippen LogP contribution in [-0.4, -0.2) is 4.98 Å². The second kappa shape index (κ2) is 5.59. The van der Waals surface area contributed by atoms with E-state index in [-0.39, 0.29) is 11.9 Å². The molecular weight excluding hydrogens is 295 g/mol. The Morgan fingerprint density at radius 2 is 2.17 bits per heavy atom. The van der Waals surface area contributed by atoms with Crippen LogP contribution in [0.2, 0.25) is 0 Å². The van der Waals surface area contributed by atoms with Crippen molar-refractivity contribution in [1.82, 2.24) is 4.98 Å². The van der Waals surface area contributed by atoms with E-state index in [1.165, 1.54) is 6.07 Å². The van der Waals surface area contributed by atoms with Crippen LogP contribution in [0, 0.1) is 12.7 Å². The molecule has 1 atom stereocenters.